The Balaban J connectivity index is 1.58. The van der Waals surface area contributed by atoms with Crippen LogP contribution in [0, 0.1) is 5.92 Å². The van der Waals surface area contributed by atoms with Crippen LogP contribution in [0.15, 0.2) is 36.4 Å². The van der Waals surface area contributed by atoms with Crippen molar-refractivity contribution >= 4 is 40.2 Å². The van der Waals surface area contributed by atoms with Gasteiger partial charge in [0.1, 0.15) is 0 Å². The van der Waals surface area contributed by atoms with Gasteiger partial charge in [0.25, 0.3) is 0 Å². The zero-order chi connectivity index (χ0) is 16.9. The third-order valence-corrected chi connectivity index (χ3v) is 4.54. The van der Waals surface area contributed by atoms with Gasteiger partial charge in [0.15, 0.2) is 0 Å². The molecule has 4 rings (SSSR count). The second kappa shape index (κ2) is 5.41. The van der Waals surface area contributed by atoms with E-state index in [1.54, 1.807) is 22.8 Å². The number of hydrogen-bond donors (Lipinski definition) is 1. The first-order valence-corrected chi connectivity index (χ1v) is 8.03. The lowest BCUT2D eigenvalue weighted by Gasteiger charge is -2.34. The predicted molar refractivity (Wildman–Crippen MR) is 89.1 cm³/mol. The molecule has 1 amide bonds. The molecule has 2 aromatic rings. The van der Waals surface area contributed by atoms with Crippen LogP contribution in [0.3, 0.4) is 0 Å². The average Bonchev–Trinajstić information content (AvgIpc) is 2.73. The Kier molecular flexibility index (Phi) is 3.46. The fraction of sp³-hybridized carbons (Fsp3) is 0.294. The van der Waals surface area contributed by atoms with Crippen molar-refractivity contribution in [3.63, 3.8) is 0 Å². The molecule has 1 saturated carbocycles. The highest BCUT2D eigenvalue weighted by atomic mass is 35.5. The molecule has 0 radical (unpaired) electrons. The highest BCUT2D eigenvalue weighted by Gasteiger charge is 2.45. The zero-order valence-corrected chi connectivity index (χ0v) is 13.4. The van der Waals surface area contributed by atoms with Gasteiger partial charge in [-0.25, -0.2) is 13.8 Å². The smallest absolute Gasteiger partial charge is 0.248 e. The molecule has 0 saturated heterocycles. The van der Waals surface area contributed by atoms with Gasteiger partial charge < -0.3 is 0 Å². The van der Waals surface area contributed by atoms with Crippen molar-refractivity contribution in [2.24, 2.45) is 5.92 Å². The van der Waals surface area contributed by atoms with E-state index in [0.717, 1.165) is 11.2 Å². The molecule has 2 aliphatic rings. The summed E-state index contributed by atoms with van der Waals surface area (Å²) >= 11 is 6.06. The first kappa shape index (κ1) is 15.3. The molecule has 4 nitrogen and oxygen atoms in total. The van der Waals surface area contributed by atoms with Crippen molar-refractivity contribution in [1.82, 2.24) is 9.55 Å². The fourth-order valence-corrected chi connectivity index (χ4v) is 3.26. The number of nitrogens with one attached hydrogen (secondary N) is 1. The number of rotatable bonds is 4. The van der Waals surface area contributed by atoms with E-state index < -0.39 is 5.92 Å². The lowest BCUT2D eigenvalue weighted by Crippen LogP contribution is -2.37. The molecule has 1 fully saturated rings. The van der Waals surface area contributed by atoms with E-state index in [4.69, 9.17) is 11.6 Å². The number of benzene rings is 1. The predicted octanol–water partition coefficient (Wildman–Crippen LogP) is 4.47. The molecule has 1 N–H and O–H groups in total. The largest absolute Gasteiger partial charge is 0.296 e. The Hall–Kier alpha value is -2.21. The Morgan fingerprint density at radius 3 is 2.79 bits per heavy atom. The molecule has 1 aromatic heterocycles. The second-order valence-corrected chi connectivity index (χ2v) is 6.67. The summed E-state index contributed by atoms with van der Waals surface area (Å²) in [6, 6.07) is 5.28. The number of hydrogen-bond acceptors (Lipinski definition) is 2. The van der Waals surface area contributed by atoms with Crippen LogP contribution in [-0.4, -0.2) is 21.4 Å². The lowest BCUT2D eigenvalue weighted by molar-refractivity contribution is -0.129. The van der Waals surface area contributed by atoms with Crippen molar-refractivity contribution in [2.45, 2.75) is 25.2 Å². The number of alkyl halides is 2. The maximum atomic E-state index is 12.9. The first-order chi connectivity index (χ1) is 11.4. The summed E-state index contributed by atoms with van der Waals surface area (Å²) in [6.45, 7) is 0. The fourth-order valence-electron chi connectivity index (χ4n) is 3.09. The van der Waals surface area contributed by atoms with Crippen molar-refractivity contribution in [3.8, 4) is 0 Å². The number of imidazole rings is 1. The molecular formula is C17H14ClF2N3O. The van der Waals surface area contributed by atoms with Crippen molar-refractivity contribution < 1.29 is 13.6 Å². The number of anilines is 1. The van der Waals surface area contributed by atoms with E-state index in [0.29, 0.717) is 16.5 Å². The van der Waals surface area contributed by atoms with E-state index in [9.17, 15) is 13.6 Å². The number of nitrogens with zero attached hydrogens (tertiary/aromatic N) is 2. The van der Waals surface area contributed by atoms with Crippen LogP contribution < -0.4 is 5.32 Å². The van der Waals surface area contributed by atoms with Gasteiger partial charge >= 0.3 is 0 Å². The molecule has 2 aliphatic carbocycles. The van der Waals surface area contributed by atoms with Gasteiger partial charge in [0.05, 0.1) is 11.0 Å². The van der Waals surface area contributed by atoms with Crippen LogP contribution in [0.1, 0.15) is 19.3 Å². The third kappa shape index (κ3) is 2.71. The number of amides is 1. The van der Waals surface area contributed by atoms with Gasteiger partial charge in [-0.15, -0.1) is 0 Å². The van der Waals surface area contributed by atoms with Gasteiger partial charge in [0.2, 0.25) is 17.8 Å². The number of allylic oxidation sites excluding steroid dienone is 4. The van der Waals surface area contributed by atoms with Gasteiger partial charge in [-0.1, -0.05) is 17.7 Å². The molecule has 24 heavy (non-hydrogen) atoms. The van der Waals surface area contributed by atoms with Gasteiger partial charge in [0, 0.05) is 30.0 Å². The normalized spacial score (nSPS) is 18.9. The van der Waals surface area contributed by atoms with E-state index >= 15 is 0 Å². The molecule has 1 heterocycles. The van der Waals surface area contributed by atoms with Gasteiger partial charge in [-0.2, -0.15) is 0 Å². The standard InChI is InChI=1S/C17H14ClF2N3O/c18-11-4-5-13-14(7-11)23(12-2-1-3-12)16(21-13)22-15(24)6-10-8-17(19,20)9-10/h1-5,7,10H,6,8-9H2,(H,21,22,24). The van der Waals surface area contributed by atoms with E-state index in [1.807, 2.05) is 18.2 Å². The van der Waals surface area contributed by atoms with Crippen LogP contribution >= 0.6 is 11.6 Å². The SMILES string of the molecule is O=C(CC1CC(F)(F)C1)Nc1nc2ccc(Cl)cc2n1C1=CC=C1. The second-order valence-electron chi connectivity index (χ2n) is 6.24. The Morgan fingerprint density at radius 2 is 2.17 bits per heavy atom. The molecular weight excluding hydrogens is 336 g/mol. The number of halogens is 3. The summed E-state index contributed by atoms with van der Waals surface area (Å²) < 4.78 is 27.6. The summed E-state index contributed by atoms with van der Waals surface area (Å²) in [7, 11) is 0. The van der Waals surface area contributed by atoms with Crippen molar-refractivity contribution in [3.05, 3.63) is 41.4 Å². The third-order valence-electron chi connectivity index (χ3n) is 4.31. The number of aromatic nitrogens is 2. The maximum absolute atomic E-state index is 12.9. The molecule has 7 heteroatoms. The van der Waals surface area contributed by atoms with Gasteiger partial charge in [-0.05, 0) is 36.3 Å². The minimum Gasteiger partial charge on any atom is -0.296 e. The lowest BCUT2D eigenvalue weighted by atomic mass is 9.79. The molecule has 1 aromatic carbocycles. The van der Waals surface area contributed by atoms with Crippen molar-refractivity contribution in [2.75, 3.05) is 5.32 Å². The minimum atomic E-state index is -2.61. The van der Waals surface area contributed by atoms with E-state index in [1.165, 1.54) is 0 Å². The van der Waals surface area contributed by atoms with Crippen LogP contribution in [-0.2, 0) is 4.79 Å². The van der Waals surface area contributed by atoms with Crippen molar-refractivity contribution in [1.29, 1.82) is 0 Å². The van der Waals surface area contributed by atoms with E-state index in [-0.39, 0.29) is 31.1 Å². The number of fused-ring (bicyclic) bond motifs is 1. The summed E-state index contributed by atoms with van der Waals surface area (Å²) in [6.07, 6.45) is 5.30. The van der Waals surface area contributed by atoms with E-state index in [2.05, 4.69) is 10.3 Å². The monoisotopic (exact) mass is 349 g/mol. The van der Waals surface area contributed by atoms with Crippen LogP contribution in [0.2, 0.25) is 5.02 Å². The molecule has 0 spiro atoms. The Morgan fingerprint density at radius 1 is 1.42 bits per heavy atom. The summed E-state index contributed by atoms with van der Waals surface area (Å²) in [5, 5.41) is 3.32. The molecule has 0 atom stereocenters. The molecule has 0 bridgehead atoms. The highest BCUT2D eigenvalue weighted by molar-refractivity contribution is 6.31. The Labute approximate surface area is 141 Å². The summed E-state index contributed by atoms with van der Waals surface area (Å²) in [5.74, 6) is -2.81. The molecule has 0 unspecified atom stereocenters. The Bertz CT molecular complexity index is 893. The zero-order valence-electron chi connectivity index (χ0n) is 12.6. The minimum absolute atomic E-state index is 0.0778. The number of carbonyl (C=O) groups is 1. The summed E-state index contributed by atoms with van der Waals surface area (Å²) in [4.78, 5) is 16.6. The van der Waals surface area contributed by atoms with Crippen LogP contribution in [0.4, 0.5) is 14.7 Å². The highest BCUT2D eigenvalue weighted by Crippen LogP contribution is 2.44. The average molecular weight is 350 g/mol. The number of carbonyl (C=O) groups excluding carboxylic acids is 1. The topological polar surface area (TPSA) is 46.9 Å². The molecule has 0 aliphatic heterocycles. The molecule has 124 valence electrons. The first-order valence-electron chi connectivity index (χ1n) is 7.66. The van der Waals surface area contributed by atoms with Crippen LogP contribution in [0.5, 0.6) is 0 Å². The summed E-state index contributed by atoms with van der Waals surface area (Å²) in [5.41, 5.74) is 2.36. The maximum Gasteiger partial charge on any atom is 0.248 e. The van der Waals surface area contributed by atoms with Gasteiger partial charge in [-0.3, -0.25) is 14.7 Å². The van der Waals surface area contributed by atoms with Crippen LogP contribution in [0.25, 0.3) is 16.7 Å². The quantitative estimate of drug-likeness (QED) is 0.885.